The number of likely N-dealkylation sites (tertiary alicyclic amines) is 1. The van der Waals surface area contributed by atoms with Gasteiger partial charge in [0.25, 0.3) is 6.43 Å². The van der Waals surface area contributed by atoms with Crippen molar-refractivity contribution in [2.24, 2.45) is 5.11 Å². The number of halogens is 3. The topological polar surface area (TPSA) is 112 Å². The van der Waals surface area contributed by atoms with Crippen LogP contribution in [-0.4, -0.2) is 83.6 Å². The van der Waals surface area contributed by atoms with Crippen LogP contribution in [0.15, 0.2) is 35.6 Å². The highest BCUT2D eigenvalue weighted by atomic mass is 19.3. The van der Waals surface area contributed by atoms with Crippen molar-refractivity contribution in [1.29, 1.82) is 5.53 Å². The van der Waals surface area contributed by atoms with Gasteiger partial charge in [-0.05, 0) is 30.2 Å². The molecule has 200 valence electrons. The Morgan fingerprint density at radius 1 is 1.37 bits per heavy atom. The van der Waals surface area contributed by atoms with Gasteiger partial charge in [-0.1, -0.05) is 12.0 Å². The number of hydrogen-bond acceptors (Lipinski definition) is 9. The SMILES string of the molecule is C#CC1(N2CC[C@H](Nc3nc(OC)c4c(-c5ccc(N=N)c(NCC(F)F)c5)ccn4n3)[C@H](F)C2)COC1. The van der Waals surface area contributed by atoms with Gasteiger partial charge in [-0.2, -0.15) is 10.1 Å². The molecule has 2 aliphatic rings. The molecule has 0 saturated carbocycles. The number of ether oxygens (including phenoxy) is 2. The molecular weight excluding hydrogens is 501 g/mol. The number of nitrogens with zero attached hydrogens (tertiary/aromatic N) is 5. The molecule has 5 rings (SSSR count). The third kappa shape index (κ3) is 4.72. The van der Waals surface area contributed by atoms with Gasteiger partial charge >= 0.3 is 0 Å². The number of benzene rings is 1. The van der Waals surface area contributed by atoms with Gasteiger partial charge in [0.2, 0.25) is 11.8 Å². The Kier molecular flexibility index (Phi) is 7.09. The Labute approximate surface area is 217 Å². The second-order valence-corrected chi connectivity index (χ2v) is 9.25. The number of piperidine rings is 1. The largest absolute Gasteiger partial charge is 0.479 e. The van der Waals surface area contributed by atoms with E-state index in [4.69, 9.17) is 21.4 Å². The van der Waals surface area contributed by atoms with Crippen LogP contribution in [0.1, 0.15) is 6.42 Å². The van der Waals surface area contributed by atoms with Crippen molar-refractivity contribution in [2.75, 3.05) is 50.6 Å². The van der Waals surface area contributed by atoms with Crippen molar-refractivity contribution >= 4 is 22.8 Å². The van der Waals surface area contributed by atoms with E-state index >= 15 is 4.39 Å². The van der Waals surface area contributed by atoms with E-state index in [1.54, 1.807) is 35.0 Å². The van der Waals surface area contributed by atoms with E-state index < -0.39 is 30.7 Å². The number of alkyl halides is 3. The number of hydrogen-bond donors (Lipinski definition) is 3. The third-order valence-corrected chi connectivity index (χ3v) is 6.96. The molecule has 0 radical (unpaired) electrons. The van der Waals surface area contributed by atoms with Crippen LogP contribution < -0.4 is 15.4 Å². The van der Waals surface area contributed by atoms with Crippen molar-refractivity contribution in [3.05, 3.63) is 30.5 Å². The summed E-state index contributed by atoms with van der Waals surface area (Å²) < 4.78 is 53.1. The maximum Gasteiger partial charge on any atom is 0.255 e. The summed E-state index contributed by atoms with van der Waals surface area (Å²) in [4.78, 5) is 6.44. The number of anilines is 2. The van der Waals surface area contributed by atoms with Crippen molar-refractivity contribution in [1.82, 2.24) is 19.5 Å². The number of aromatic nitrogens is 3. The van der Waals surface area contributed by atoms with Crippen molar-refractivity contribution in [2.45, 2.75) is 30.6 Å². The highest BCUT2D eigenvalue weighted by molar-refractivity contribution is 5.87. The zero-order chi connectivity index (χ0) is 26.9. The van der Waals surface area contributed by atoms with Crippen molar-refractivity contribution < 1.29 is 22.6 Å². The quantitative estimate of drug-likeness (QED) is 0.285. The predicted molar refractivity (Wildman–Crippen MR) is 135 cm³/mol. The summed E-state index contributed by atoms with van der Waals surface area (Å²) in [6.45, 7) is 1.04. The second kappa shape index (κ2) is 10.5. The number of terminal acetylenes is 1. The lowest BCUT2D eigenvalue weighted by molar-refractivity contribution is -0.120. The molecule has 2 aliphatic heterocycles. The van der Waals surface area contributed by atoms with Crippen LogP contribution in [0.2, 0.25) is 0 Å². The molecular formula is C25H27F3N8O2. The minimum absolute atomic E-state index is 0.181. The maximum atomic E-state index is 15.2. The minimum atomic E-state index is -2.56. The fraction of sp³-hybridized carbons (Fsp3) is 0.440. The molecule has 0 amide bonds. The molecule has 2 atom stereocenters. The summed E-state index contributed by atoms with van der Waals surface area (Å²) >= 11 is 0. The molecule has 4 heterocycles. The molecule has 2 aromatic heterocycles. The lowest BCUT2D eigenvalue weighted by atomic mass is 9.91. The van der Waals surface area contributed by atoms with E-state index in [1.165, 1.54) is 7.11 Å². The Bertz CT molecular complexity index is 1370. The molecule has 0 unspecified atom stereocenters. The first-order valence-corrected chi connectivity index (χ1v) is 12.1. The summed E-state index contributed by atoms with van der Waals surface area (Å²) in [6, 6.07) is 6.20. The second-order valence-electron chi connectivity index (χ2n) is 9.25. The van der Waals surface area contributed by atoms with Gasteiger partial charge in [0.15, 0.2) is 0 Å². The van der Waals surface area contributed by atoms with E-state index in [2.05, 4.69) is 31.8 Å². The average molecular weight is 529 g/mol. The van der Waals surface area contributed by atoms with E-state index in [9.17, 15) is 8.78 Å². The summed E-state index contributed by atoms with van der Waals surface area (Å²) in [7, 11) is 1.47. The van der Waals surface area contributed by atoms with Crippen LogP contribution in [0.25, 0.3) is 16.6 Å². The molecule has 0 aliphatic carbocycles. The van der Waals surface area contributed by atoms with E-state index in [1.807, 2.05) is 4.90 Å². The van der Waals surface area contributed by atoms with Crippen LogP contribution in [-0.2, 0) is 4.74 Å². The summed E-state index contributed by atoms with van der Waals surface area (Å²) in [5.41, 5.74) is 9.22. The van der Waals surface area contributed by atoms with Gasteiger partial charge in [-0.25, -0.2) is 23.2 Å². The lowest BCUT2D eigenvalue weighted by Crippen LogP contribution is -2.65. The van der Waals surface area contributed by atoms with Crippen LogP contribution in [0.3, 0.4) is 0 Å². The van der Waals surface area contributed by atoms with Gasteiger partial charge in [-0.15, -0.1) is 11.5 Å². The first-order valence-electron chi connectivity index (χ1n) is 12.1. The van der Waals surface area contributed by atoms with Crippen LogP contribution in [0, 0.1) is 17.9 Å². The smallest absolute Gasteiger partial charge is 0.255 e. The number of nitrogens with one attached hydrogen (secondary N) is 3. The molecule has 2 fully saturated rings. The fourth-order valence-corrected chi connectivity index (χ4v) is 4.83. The first-order chi connectivity index (χ1) is 18.4. The zero-order valence-electron chi connectivity index (χ0n) is 20.6. The van der Waals surface area contributed by atoms with Gasteiger partial charge in [0.1, 0.15) is 22.9 Å². The molecule has 3 aromatic rings. The first kappa shape index (κ1) is 25.7. The van der Waals surface area contributed by atoms with Gasteiger partial charge in [0, 0.05) is 24.8 Å². The number of rotatable bonds is 9. The van der Waals surface area contributed by atoms with Crippen LogP contribution in [0.5, 0.6) is 5.88 Å². The molecule has 2 saturated heterocycles. The fourth-order valence-electron chi connectivity index (χ4n) is 4.83. The Morgan fingerprint density at radius 2 is 2.18 bits per heavy atom. The third-order valence-electron chi connectivity index (χ3n) is 6.96. The zero-order valence-corrected chi connectivity index (χ0v) is 20.6. The minimum Gasteiger partial charge on any atom is -0.479 e. The molecule has 10 nitrogen and oxygen atoms in total. The normalized spacial score (nSPS) is 21.1. The summed E-state index contributed by atoms with van der Waals surface area (Å²) in [6.07, 6.45) is 4.15. The predicted octanol–water partition coefficient (Wildman–Crippen LogP) is 3.97. The molecule has 0 spiro atoms. The van der Waals surface area contributed by atoms with E-state index in [-0.39, 0.29) is 24.1 Å². The van der Waals surface area contributed by atoms with Crippen molar-refractivity contribution in [3.63, 3.8) is 0 Å². The summed E-state index contributed by atoms with van der Waals surface area (Å²) in [5.74, 6) is 3.22. The lowest BCUT2D eigenvalue weighted by Gasteiger charge is -2.49. The standard InChI is InChI=1S/C25H27F3N8O2/c1-3-25(13-38-14-25)35-8-7-18(17(26)12-35)31-24-32-23(37-2)22-16(6-9-36(22)34-24)15-4-5-19(33-29)20(10-15)30-11-21(27)28/h1,4-6,9-10,17-18,21,29-30H,7-8,11-14H2,2H3,(H,31,34)/t17-,18+/m1/s1. The Morgan fingerprint density at radius 3 is 2.82 bits per heavy atom. The van der Waals surface area contributed by atoms with Gasteiger partial charge in [-0.3, -0.25) is 4.90 Å². The molecule has 3 N–H and O–H groups in total. The van der Waals surface area contributed by atoms with Gasteiger partial charge in [0.05, 0.1) is 38.6 Å². The Balaban J connectivity index is 1.38. The summed E-state index contributed by atoms with van der Waals surface area (Å²) in [5, 5.41) is 13.6. The number of methoxy groups -OCH3 is 1. The van der Waals surface area contributed by atoms with Crippen LogP contribution >= 0.6 is 0 Å². The molecule has 13 heteroatoms. The monoisotopic (exact) mass is 528 g/mol. The highest BCUT2D eigenvalue weighted by Gasteiger charge is 2.46. The Hall–Kier alpha value is -3.89. The van der Waals surface area contributed by atoms with Gasteiger partial charge < -0.3 is 20.1 Å². The molecule has 1 aromatic carbocycles. The number of fused-ring (bicyclic) bond motifs is 1. The van der Waals surface area contributed by atoms with E-state index in [0.717, 1.165) is 0 Å². The maximum absolute atomic E-state index is 15.2. The van der Waals surface area contributed by atoms with Crippen LogP contribution in [0.4, 0.5) is 30.5 Å². The van der Waals surface area contributed by atoms with Crippen molar-refractivity contribution in [3.8, 4) is 29.4 Å². The average Bonchev–Trinajstić information content (AvgIpc) is 3.32. The molecule has 0 bridgehead atoms. The van der Waals surface area contributed by atoms with E-state index in [0.29, 0.717) is 48.5 Å². The molecule has 38 heavy (non-hydrogen) atoms. The highest BCUT2D eigenvalue weighted by Crippen LogP contribution is 2.36.